The summed E-state index contributed by atoms with van der Waals surface area (Å²) in [6, 6.07) is 2.64. The van der Waals surface area contributed by atoms with E-state index >= 15 is 0 Å². The number of rotatable bonds is 4. The summed E-state index contributed by atoms with van der Waals surface area (Å²) < 4.78 is 30.2. The van der Waals surface area contributed by atoms with Crippen molar-refractivity contribution in [3.63, 3.8) is 0 Å². The van der Waals surface area contributed by atoms with E-state index in [-0.39, 0.29) is 24.1 Å². The van der Waals surface area contributed by atoms with E-state index in [1.807, 2.05) is 0 Å². The van der Waals surface area contributed by atoms with Crippen molar-refractivity contribution >= 4 is 34.9 Å². The smallest absolute Gasteiger partial charge is 0.313 e. The zero-order valence-electron chi connectivity index (χ0n) is 15.6. The van der Waals surface area contributed by atoms with E-state index in [1.54, 1.807) is 11.8 Å². The van der Waals surface area contributed by atoms with Gasteiger partial charge in [0.15, 0.2) is 0 Å². The number of benzene rings is 1. The highest BCUT2D eigenvalue weighted by Crippen LogP contribution is 2.20. The van der Waals surface area contributed by atoms with Crippen LogP contribution in [0.25, 0.3) is 0 Å². The molecule has 2 N–H and O–H groups in total. The molecule has 0 saturated carbocycles. The highest BCUT2D eigenvalue weighted by atomic mass is 32.1. The number of carbonyl (C=O) groups is 3. The Morgan fingerprint density at radius 2 is 1.93 bits per heavy atom. The number of halogens is 2. The number of piperidine rings is 1. The molecule has 0 bridgehead atoms. The van der Waals surface area contributed by atoms with Crippen molar-refractivity contribution in [3.8, 4) is 0 Å². The van der Waals surface area contributed by atoms with Crippen LogP contribution >= 0.6 is 11.5 Å². The quantitative estimate of drug-likeness (QED) is 0.729. The summed E-state index contributed by atoms with van der Waals surface area (Å²) in [6.07, 6.45) is 1.34. The maximum atomic E-state index is 13.6. The second kappa shape index (κ2) is 9.03. The molecule has 1 fully saturated rings. The molecule has 8 nitrogen and oxygen atoms in total. The Bertz CT molecular complexity index is 928. The average molecular weight is 423 g/mol. The van der Waals surface area contributed by atoms with Gasteiger partial charge in [0, 0.05) is 25.7 Å². The number of amides is 3. The Morgan fingerprint density at radius 1 is 1.21 bits per heavy atom. The molecular formula is C18H19F2N5O3S. The molecule has 154 valence electrons. The van der Waals surface area contributed by atoms with Gasteiger partial charge in [-0.1, -0.05) is 4.49 Å². The molecule has 0 radical (unpaired) electrons. The Morgan fingerprint density at radius 3 is 2.55 bits per heavy atom. The lowest BCUT2D eigenvalue weighted by Gasteiger charge is -2.31. The van der Waals surface area contributed by atoms with E-state index in [1.165, 1.54) is 0 Å². The molecule has 1 aromatic heterocycles. The number of aromatic nitrogens is 2. The lowest BCUT2D eigenvalue weighted by Crippen LogP contribution is -2.43. The van der Waals surface area contributed by atoms with Gasteiger partial charge in [0.05, 0.1) is 11.4 Å². The minimum atomic E-state index is -1.03. The van der Waals surface area contributed by atoms with Gasteiger partial charge in [-0.15, -0.1) is 5.10 Å². The summed E-state index contributed by atoms with van der Waals surface area (Å²) in [7, 11) is 0. The predicted molar refractivity (Wildman–Crippen MR) is 101 cm³/mol. The van der Waals surface area contributed by atoms with Crippen LogP contribution in [0, 0.1) is 24.5 Å². The molecular weight excluding hydrogens is 404 g/mol. The van der Waals surface area contributed by atoms with Gasteiger partial charge in [0.2, 0.25) is 0 Å². The number of nitrogens with zero attached hydrogens (tertiary/aromatic N) is 3. The van der Waals surface area contributed by atoms with Crippen molar-refractivity contribution in [2.45, 2.75) is 19.8 Å². The van der Waals surface area contributed by atoms with E-state index in [9.17, 15) is 23.2 Å². The first kappa shape index (κ1) is 20.8. The molecule has 0 unspecified atom stereocenters. The summed E-state index contributed by atoms with van der Waals surface area (Å²) >= 11 is 1.07. The van der Waals surface area contributed by atoms with Gasteiger partial charge in [-0.3, -0.25) is 14.4 Å². The van der Waals surface area contributed by atoms with Crippen molar-refractivity contribution < 1.29 is 23.2 Å². The predicted octanol–water partition coefficient (Wildman–Crippen LogP) is 1.73. The maximum absolute atomic E-state index is 13.6. The fraction of sp³-hybridized carbons (Fsp3) is 0.389. The SMILES string of the molecule is Cc1nnsc1C(=O)N1CCC(CNC(=O)C(=O)Nc2ccc(F)cc2F)CC1. The van der Waals surface area contributed by atoms with Crippen molar-refractivity contribution in [3.05, 3.63) is 40.4 Å². The standard InChI is InChI=1S/C18H19F2N5O3S/c1-10-15(29-24-23-10)18(28)25-6-4-11(5-7-25)9-21-16(26)17(27)22-14-3-2-12(19)8-13(14)20/h2-3,8,11H,4-7,9H2,1H3,(H,21,26)(H,22,27). The van der Waals surface area contributed by atoms with Crippen LogP contribution in [0.2, 0.25) is 0 Å². The topological polar surface area (TPSA) is 104 Å². The molecule has 11 heteroatoms. The van der Waals surface area contributed by atoms with Crippen molar-refractivity contribution in [2.24, 2.45) is 5.92 Å². The number of hydrogen-bond donors (Lipinski definition) is 2. The van der Waals surface area contributed by atoms with Gasteiger partial charge in [0.25, 0.3) is 5.91 Å². The van der Waals surface area contributed by atoms with Gasteiger partial charge in [-0.05, 0) is 49.3 Å². The molecule has 0 spiro atoms. The first-order chi connectivity index (χ1) is 13.8. The first-order valence-electron chi connectivity index (χ1n) is 8.97. The number of aryl methyl sites for hydroxylation is 1. The average Bonchev–Trinajstić information content (AvgIpc) is 3.14. The van der Waals surface area contributed by atoms with Gasteiger partial charge >= 0.3 is 11.8 Å². The lowest BCUT2D eigenvalue weighted by molar-refractivity contribution is -0.136. The van der Waals surface area contributed by atoms with Crippen LogP contribution in [0.15, 0.2) is 18.2 Å². The van der Waals surface area contributed by atoms with Crippen molar-refractivity contribution in [2.75, 3.05) is 25.0 Å². The molecule has 29 heavy (non-hydrogen) atoms. The van der Waals surface area contributed by atoms with Gasteiger partial charge in [0.1, 0.15) is 16.5 Å². The Kier molecular flexibility index (Phi) is 6.47. The number of hydrogen-bond acceptors (Lipinski definition) is 6. The number of nitrogens with one attached hydrogen (secondary N) is 2. The molecule has 1 aliphatic heterocycles. The summed E-state index contributed by atoms with van der Waals surface area (Å²) in [4.78, 5) is 38.5. The monoisotopic (exact) mass is 423 g/mol. The lowest BCUT2D eigenvalue weighted by atomic mass is 9.96. The largest absolute Gasteiger partial charge is 0.348 e. The van der Waals surface area contributed by atoms with E-state index in [0.29, 0.717) is 42.6 Å². The van der Waals surface area contributed by atoms with Crippen molar-refractivity contribution in [1.29, 1.82) is 0 Å². The second-order valence-electron chi connectivity index (χ2n) is 6.71. The second-order valence-corrected chi connectivity index (χ2v) is 7.47. The van der Waals surface area contributed by atoms with E-state index in [2.05, 4.69) is 20.2 Å². The maximum Gasteiger partial charge on any atom is 0.313 e. The fourth-order valence-corrected chi connectivity index (χ4v) is 3.62. The van der Waals surface area contributed by atoms with Crippen LogP contribution in [-0.2, 0) is 9.59 Å². The Balaban J connectivity index is 1.44. The van der Waals surface area contributed by atoms with Gasteiger partial charge in [-0.25, -0.2) is 8.78 Å². The molecule has 2 aromatic rings. The van der Waals surface area contributed by atoms with Gasteiger partial charge in [-0.2, -0.15) is 0 Å². The molecule has 1 aliphatic rings. The summed E-state index contributed by atoms with van der Waals surface area (Å²) in [6.45, 7) is 3.07. The molecule has 3 amide bonds. The highest BCUT2D eigenvalue weighted by Gasteiger charge is 2.27. The Labute approximate surface area is 169 Å². The summed E-state index contributed by atoms with van der Waals surface area (Å²) in [5, 5.41) is 8.47. The summed E-state index contributed by atoms with van der Waals surface area (Å²) in [5.41, 5.74) is 0.337. The van der Waals surface area contributed by atoms with E-state index in [4.69, 9.17) is 0 Å². The van der Waals surface area contributed by atoms with E-state index < -0.39 is 23.4 Å². The zero-order chi connectivity index (χ0) is 21.0. The Hall–Kier alpha value is -2.95. The zero-order valence-corrected chi connectivity index (χ0v) is 16.4. The molecule has 2 heterocycles. The van der Waals surface area contributed by atoms with Crippen LogP contribution in [0.4, 0.5) is 14.5 Å². The third-order valence-electron chi connectivity index (χ3n) is 4.68. The minimum Gasteiger partial charge on any atom is -0.348 e. The van der Waals surface area contributed by atoms with Crippen molar-refractivity contribution in [1.82, 2.24) is 19.8 Å². The summed E-state index contributed by atoms with van der Waals surface area (Å²) in [5.74, 6) is -3.67. The third-order valence-corrected chi connectivity index (χ3v) is 5.50. The highest BCUT2D eigenvalue weighted by molar-refractivity contribution is 7.07. The third kappa shape index (κ3) is 5.11. The van der Waals surface area contributed by atoms with Crippen LogP contribution in [0.3, 0.4) is 0 Å². The molecule has 1 aromatic carbocycles. The van der Waals surface area contributed by atoms with Crippen LogP contribution in [0.1, 0.15) is 28.2 Å². The van der Waals surface area contributed by atoms with Gasteiger partial charge < -0.3 is 15.5 Å². The molecule has 1 saturated heterocycles. The normalized spacial score (nSPS) is 14.5. The first-order valence-corrected chi connectivity index (χ1v) is 9.75. The van der Waals surface area contributed by atoms with Crippen LogP contribution in [-0.4, -0.2) is 51.8 Å². The van der Waals surface area contributed by atoms with Crippen LogP contribution < -0.4 is 10.6 Å². The number of likely N-dealkylation sites (tertiary alicyclic amines) is 1. The molecule has 0 atom stereocenters. The minimum absolute atomic E-state index is 0.0966. The van der Waals surface area contributed by atoms with E-state index in [0.717, 1.165) is 23.7 Å². The number of carbonyl (C=O) groups excluding carboxylic acids is 3. The fourth-order valence-electron chi connectivity index (χ4n) is 3.00. The number of anilines is 1. The van der Waals surface area contributed by atoms with Crippen LogP contribution in [0.5, 0.6) is 0 Å². The molecule has 0 aliphatic carbocycles. The molecule has 3 rings (SSSR count).